The van der Waals surface area contributed by atoms with E-state index in [1.165, 1.54) is 193 Å². The van der Waals surface area contributed by atoms with Crippen molar-refractivity contribution in [2.24, 2.45) is 0 Å². The number of hydrogen-bond acceptors (Lipinski definition) is 4. The normalized spacial score (nSPS) is 13.5. The van der Waals surface area contributed by atoms with Crippen molar-refractivity contribution in [3.05, 3.63) is 0 Å². The zero-order valence-corrected chi connectivity index (χ0v) is 33.4. The van der Waals surface area contributed by atoms with Crippen molar-refractivity contribution in [1.82, 2.24) is 5.32 Å². The summed E-state index contributed by atoms with van der Waals surface area (Å²) in [7, 11) is 0. The topological polar surface area (TPSA) is 89.8 Å². The molecule has 1 amide bonds. The first-order valence-electron chi connectivity index (χ1n) is 22.3. The highest BCUT2D eigenvalue weighted by molar-refractivity contribution is 5.76. The van der Waals surface area contributed by atoms with Crippen molar-refractivity contribution in [1.29, 1.82) is 0 Å². The maximum Gasteiger partial charge on any atom is 0.222 e. The van der Waals surface area contributed by atoms with Crippen molar-refractivity contribution in [2.75, 3.05) is 6.61 Å². The molecule has 49 heavy (non-hydrogen) atoms. The van der Waals surface area contributed by atoms with Gasteiger partial charge in [0.15, 0.2) is 0 Å². The second-order valence-corrected chi connectivity index (χ2v) is 15.7. The molecule has 0 aliphatic rings. The van der Waals surface area contributed by atoms with E-state index in [0.717, 1.165) is 25.7 Å². The minimum atomic E-state index is -0.743. The van der Waals surface area contributed by atoms with Crippen LogP contribution in [0.1, 0.15) is 251 Å². The highest BCUT2D eigenvalue weighted by atomic mass is 16.3. The van der Waals surface area contributed by atoms with Crippen LogP contribution in [0.4, 0.5) is 0 Å². The molecule has 0 rings (SSSR count). The largest absolute Gasteiger partial charge is 0.394 e. The van der Waals surface area contributed by atoms with Crippen molar-refractivity contribution in [2.45, 2.75) is 270 Å². The van der Waals surface area contributed by atoms with E-state index in [1.807, 2.05) is 0 Å². The molecule has 0 aromatic carbocycles. The number of unbranched alkanes of at least 4 members (excludes halogenated alkanes) is 32. The van der Waals surface area contributed by atoms with Crippen LogP contribution in [-0.2, 0) is 4.79 Å². The zero-order chi connectivity index (χ0) is 35.9. The Bertz CT molecular complexity index is 644. The van der Waals surface area contributed by atoms with E-state index < -0.39 is 18.2 Å². The predicted molar refractivity (Wildman–Crippen MR) is 213 cm³/mol. The van der Waals surface area contributed by atoms with Crippen LogP contribution in [0.5, 0.6) is 0 Å². The molecular formula is C44H89NO4. The first-order valence-corrected chi connectivity index (χ1v) is 22.3. The molecule has 0 aliphatic heterocycles. The van der Waals surface area contributed by atoms with Crippen LogP contribution in [0, 0.1) is 0 Å². The van der Waals surface area contributed by atoms with Gasteiger partial charge in [0.1, 0.15) is 0 Å². The van der Waals surface area contributed by atoms with Crippen LogP contribution in [0.3, 0.4) is 0 Å². The predicted octanol–water partition coefficient (Wildman–Crippen LogP) is 12.7. The summed E-state index contributed by atoms with van der Waals surface area (Å²) in [6, 6.07) is -0.652. The summed E-state index contributed by atoms with van der Waals surface area (Å²) in [5, 5.41) is 33.4. The van der Waals surface area contributed by atoms with Gasteiger partial charge < -0.3 is 20.6 Å². The average molecular weight is 696 g/mol. The lowest BCUT2D eigenvalue weighted by Crippen LogP contribution is -2.46. The lowest BCUT2D eigenvalue weighted by Gasteiger charge is -2.23. The van der Waals surface area contributed by atoms with Crippen LogP contribution >= 0.6 is 0 Å². The maximum atomic E-state index is 12.4. The van der Waals surface area contributed by atoms with Gasteiger partial charge in [-0.25, -0.2) is 0 Å². The van der Waals surface area contributed by atoms with E-state index in [2.05, 4.69) is 19.2 Å². The summed E-state index contributed by atoms with van der Waals surface area (Å²) in [5.74, 6) is -0.278. The Morgan fingerprint density at radius 3 is 0.980 bits per heavy atom. The Morgan fingerprint density at radius 1 is 0.429 bits per heavy atom. The van der Waals surface area contributed by atoms with E-state index in [-0.39, 0.29) is 18.9 Å². The van der Waals surface area contributed by atoms with Gasteiger partial charge in [-0.15, -0.1) is 0 Å². The van der Waals surface area contributed by atoms with Gasteiger partial charge in [-0.2, -0.15) is 0 Å². The molecular weight excluding hydrogens is 606 g/mol. The zero-order valence-electron chi connectivity index (χ0n) is 33.4. The molecule has 0 aliphatic carbocycles. The fourth-order valence-electron chi connectivity index (χ4n) is 7.23. The SMILES string of the molecule is CCCCCCCCCCCCCCCCCCCCCC(O)CC(=O)NC(CO)C(O)CCCCCCCCCCCCCCCCC. The number of carbonyl (C=O) groups excluding carboxylic acids is 1. The lowest BCUT2D eigenvalue weighted by atomic mass is 10.0. The molecule has 3 atom stereocenters. The molecule has 0 heterocycles. The second kappa shape index (κ2) is 40.1. The molecule has 0 radical (unpaired) electrons. The van der Waals surface area contributed by atoms with Gasteiger partial charge >= 0.3 is 0 Å². The van der Waals surface area contributed by atoms with Crippen molar-refractivity contribution >= 4 is 5.91 Å². The van der Waals surface area contributed by atoms with Crippen LogP contribution in [0.15, 0.2) is 0 Å². The molecule has 0 aromatic heterocycles. The molecule has 0 saturated carbocycles. The molecule has 5 heteroatoms. The molecule has 0 aromatic rings. The van der Waals surface area contributed by atoms with Gasteiger partial charge in [-0.3, -0.25) is 4.79 Å². The van der Waals surface area contributed by atoms with E-state index >= 15 is 0 Å². The summed E-state index contributed by atoms with van der Waals surface area (Å²) in [6.45, 7) is 4.28. The Kier molecular flexibility index (Phi) is 39.6. The van der Waals surface area contributed by atoms with Gasteiger partial charge in [0, 0.05) is 0 Å². The van der Waals surface area contributed by atoms with Crippen molar-refractivity contribution in [3.63, 3.8) is 0 Å². The Balaban J connectivity index is 3.57. The summed E-state index contributed by atoms with van der Waals surface area (Å²) in [4.78, 5) is 12.4. The number of aliphatic hydroxyl groups excluding tert-OH is 3. The monoisotopic (exact) mass is 696 g/mol. The quantitative estimate of drug-likeness (QED) is 0.0479. The molecule has 0 spiro atoms. The average Bonchev–Trinajstić information content (AvgIpc) is 3.09. The number of amides is 1. The van der Waals surface area contributed by atoms with Crippen LogP contribution in [0.25, 0.3) is 0 Å². The van der Waals surface area contributed by atoms with Crippen LogP contribution < -0.4 is 5.32 Å². The van der Waals surface area contributed by atoms with Gasteiger partial charge in [0.2, 0.25) is 5.91 Å². The number of carbonyl (C=O) groups is 1. The molecule has 4 N–H and O–H groups in total. The third-order valence-corrected chi connectivity index (χ3v) is 10.7. The van der Waals surface area contributed by atoms with Crippen LogP contribution in [0.2, 0.25) is 0 Å². The van der Waals surface area contributed by atoms with Crippen LogP contribution in [-0.4, -0.2) is 46.1 Å². The van der Waals surface area contributed by atoms with E-state index in [4.69, 9.17) is 0 Å². The Labute approximate surface area is 307 Å². The highest BCUT2D eigenvalue weighted by Gasteiger charge is 2.21. The number of nitrogens with one attached hydrogen (secondary N) is 1. The number of hydrogen-bond donors (Lipinski definition) is 4. The third kappa shape index (κ3) is 36.9. The van der Waals surface area contributed by atoms with Gasteiger partial charge in [-0.1, -0.05) is 232 Å². The lowest BCUT2D eigenvalue weighted by molar-refractivity contribution is -0.125. The minimum absolute atomic E-state index is 0.0429. The Hall–Kier alpha value is -0.650. The van der Waals surface area contributed by atoms with E-state index in [9.17, 15) is 20.1 Å². The first-order chi connectivity index (χ1) is 24.0. The van der Waals surface area contributed by atoms with E-state index in [1.54, 1.807) is 0 Å². The molecule has 0 saturated heterocycles. The number of rotatable bonds is 41. The fourth-order valence-corrected chi connectivity index (χ4v) is 7.23. The number of aliphatic hydroxyl groups is 3. The van der Waals surface area contributed by atoms with Crippen molar-refractivity contribution < 1.29 is 20.1 Å². The molecule has 0 fully saturated rings. The van der Waals surface area contributed by atoms with Gasteiger partial charge in [0.05, 0.1) is 31.3 Å². The summed E-state index contributed by atoms with van der Waals surface area (Å²) < 4.78 is 0. The molecule has 5 nitrogen and oxygen atoms in total. The molecule has 0 bridgehead atoms. The van der Waals surface area contributed by atoms with Gasteiger partial charge in [-0.05, 0) is 12.8 Å². The highest BCUT2D eigenvalue weighted by Crippen LogP contribution is 2.17. The smallest absolute Gasteiger partial charge is 0.222 e. The molecule has 3 unspecified atom stereocenters. The third-order valence-electron chi connectivity index (χ3n) is 10.7. The molecule has 294 valence electrons. The Morgan fingerprint density at radius 2 is 0.694 bits per heavy atom. The fraction of sp³-hybridized carbons (Fsp3) is 0.977. The van der Waals surface area contributed by atoms with Crippen molar-refractivity contribution in [3.8, 4) is 0 Å². The summed E-state index contributed by atoms with van der Waals surface area (Å²) in [6.07, 6.45) is 45.0. The summed E-state index contributed by atoms with van der Waals surface area (Å²) >= 11 is 0. The first kappa shape index (κ1) is 48.3. The minimum Gasteiger partial charge on any atom is -0.394 e. The maximum absolute atomic E-state index is 12.4. The standard InChI is InChI=1S/C44H89NO4/c1-3-5-7-9-11-13-15-17-19-20-21-22-24-25-27-29-31-33-35-37-41(47)39-44(49)45-42(40-46)43(48)38-36-34-32-30-28-26-23-18-16-14-12-10-8-6-4-2/h41-43,46-48H,3-40H2,1-2H3,(H,45,49). The van der Waals surface area contributed by atoms with Gasteiger partial charge in [0.25, 0.3) is 0 Å². The van der Waals surface area contributed by atoms with E-state index in [0.29, 0.717) is 12.8 Å². The summed E-state index contributed by atoms with van der Waals surface area (Å²) in [5.41, 5.74) is 0. The second-order valence-electron chi connectivity index (χ2n) is 15.7.